The maximum absolute atomic E-state index is 12.6. The van der Waals surface area contributed by atoms with Gasteiger partial charge in [-0.25, -0.2) is 4.39 Å². The van der Waals surface area contributed by atoms with Crippen LogP contribution in [0.1, 0.15) is 16.5 Å². The Balaban J connectivity index is 2.06. The van der Waals surface area contributed by atoms with Crippen LogP contribution in [0.2, 0.25) is 0 Å². The van der Waals surface area contributed by atoms with Crippen molar-refractivity contribution in [1.82, 2.24) is 9.59 Å². The van der Waals surface area contributed by atoms with Gasteiger partial charge in [-0.1, -0.05) is 16.6 Å². The summed E-state index contributed by atoms with van der Waals surface area (Å²) in [6.07, 6.45) is 1.37. The molecule has 2 rings (SSSR count). The number of halogens is 1. The molecule has 0 fully saturated rings. The largest absolute Gasteiger partial charge is 0.387 e. The summed E-state index contributed by atoms with van der Waals surface area (Å²) in [7, 11) is 0. The molecule has 0 saturated heterocycles. The van der Waals surface area contributed by atoms with E-state index in [1.165, 1.54) is 23.7 Å². The predicted molar refractivity (Wildman–Crippen MR) is 55.0 cm³/mol. The molecule has 5 heteroatoms. The van der Waals surface area contributed by atoms with Crippen molar-refractivity contribution in [3.05, 3.63) is 46.7 Å². The number of rotatable bonds is 3. The number of aliphatic hydroxyl groups excluding tert-OH is 1. The molecule has 0 aliphatic rings. The van der Waals surface area contributed by atoms with E-state index in [0.717, 1.165) is 10.4 Å². The van der Waals surface area contributed by atoms with Crippen molar-refractivity contribution in [3.63, 3.8) is 0 Å². The standard InChI is InChI=1S/C10H9FN2OS/c11-8-3-1-7(2-4-8)5-9(14)10-6-12-13-15-10/h1-4,6,9,14H,5H2. The highest BCUT2D eigenvalue weighted by Gasteiger charge is 2.10. The maximum Gasteiger partial charge on any atom is 0.123 e. The number of aromatic nitrogens is 2. The summed E-state index contributed by atoms with van der Waals surface area (Å²) in [5, 5.41) is 13.4. The molecule has 0 aliphatic heterocycles. The average molecular weight is 224 g/mol. The van der Waals surface area contributed by atoms with Crippen molar-refractivity contribution in [2.75, 3.05) is 0 Å². The fourth-order valence-electron chi connectivity index (χ4n) is 1.27. The Morgan fingerprint density at radius 2 is 2.07 bits per heavy atom. The van der Waals surface area contributed by atoms with E-state index in [-0.39, 0.29) is 5.82 Å². The van der Waals surface area contributed by atoms with Gasteiger partial charge in [-0.15, -0.1) is 5.10 Å². The molecule has 0 amide bonds. The zero-order valence-electron chi connectivity index (χ0n) is 7.80. The zero-order chi connectivity index (χ0) is 10.7. The normalized spacial score (nSPS) is 12.7. The second kappa shape index (κ2) is 4.46. The lowest BCUT2D eigenvalue weighted by molar-refractivity contribution is 0.182. The van der Waals surface area contributed by atoms with E-state index >= 15 is 0 Å². The van der Waals surface area contributed by atoms with Crippen molar-refractivity contribution >= 4 is 11.5 Å². The summed E-state index contributed by atoms with van der Waals surface area (Å²) in [4.78, 5) is 0.722. The Hall–Kier alpha value is -1.33. The van der Waals surface area contributed by atoms with Crippen molar-refractivity contribution < 1.29 is 9.50 Å². The number of hydrogen-bond acceptors (Lipinski definition) is 4. The SMILES string of the molecule is OC(Cc1ccc(F)cc1)c1cnns1. The molecule has 78 valence electrons. The van der Waals surface area contributed by atoms with E-state index in [2.05, 4.69) is 9.59 Å². The van der Waals surface area contributed by atoms with Crippen molar-refractivity contribution in [2.24, 2.45) is 0 Å². The molecule has 0 saturated carbocycles. The molecular weight excluding hydrogens is 215 g/mol. The third kappa shape index (κ3) is 2.57. The fraction of sp³-hybridized carbons (Fsp3) is 0.200. The predicted octanol–water partition coefficient (Wildman–Crippen LogP) is 1.95. The fourth-order valence-corrected chi connectivity index (χ4v) is 1.75. The van der Waals surface area contributed by atoms with Crippen LogP contribution in [0.3, 0.4) is 0 Å². The molecule has 0 bridgehead atoms. The molecule has 3 nitrogen and oxygen atoms in total. The van der Waals surface area contributed by atoms with E-state index in [1.54, 1.807) is 18.3 Å². The average Bonchev–Trinajstić information content (AvgIpc) is 2.74. The lowest BCUT2D eigenvalue weighted by atomic mass is 10.1. The molecule has 0 aliphatic carbocycles. The zero-order valence-corrected chi connectivity index (χ0v) is 8.62. The minimum atomic E-state index is -0.615. The molecule has 0 radical (unpaired) electrons. The van der Waals surface area contributed by atoms with Gasteiger partial charge in [-0.3, -0.25) is 0 Å². The Morgan fingerprint density at radius 3 is 2.67 bits per heavy atom. The first-order chi connectivity index (χ1) is 7.25. The highest BCUT2D eigenvalue weighted by Crippen LogP contribution is 2.19. The summed E-state index contributed by atoms with van der Waals surface area (Å²) in [6.45, 7) is 0. The summed E-state index contributed by atoms with van der Waals surface area (Å²) in [5.74, 6) is -0.271. The lowest BCUT2D eigenvalue weighted by Crippen LogP contribution is -1.99. The van der Waals surface area contributed by atoms with E-state index in [0.29, 0.717) is 6.42 Å². The lowest BCUT2D eigenvalue weighted by Gasteiger charge is -2.06. The molecule has 1 N–H and O–H groups in total. The first-order valence-electron chi connectivity index (χ1n) is 4.45. The molecule has 1 heterocycles. The third-order valence-electron chi connectivity index (χ3n) is 2.05. The van der Waals surface area contributed by atoms with Crippen LogP contribution in [-0.2, 0) is 6.42 Å². The van der Waals surface area contributed by atoms with Gasteiger partial charge in [-0.2, -0.15) is 0 Å². The highest BCUT2D eigenvalue weighted by atomic mass is 32.1. The topological polar surface area (TPSA) is 46.0 Å². The third-order valence-corrected chi connectivity index (χ3v) is 2.81. The van der Waals surface area contributed by atoms with Gasteiger partial charge in [0, 0.05) is 6.42 Å². The molecule has 15 heavy (non-hydrogen) atoms. The van der Waals surface area contributed by atoms with E-state index < -0.39 is 6.10 Å². The molecule has 1 aromatic heterocycles. The number of hydrogen-bond donors (Lipinski definition) is 1. The first kappa shape index (κ1) is 10.2. The van der Waals surface area contributed by atoms with Crippen LogP contribution in [0.4, 0.5) is 4.39 Å². The van der Waals surface area contributed by atoms with Crippen LogP contribution in [0.25, 0.3) is 0 Å². The van der Waals surface area contributed by atoms with Crippen molar-refractivity contribution in [2.45, 2.75) is 12.5 Å². The van der Waals surface area contributed by atoms with E-state index in [4.69, 9.17) is 0 Å². The van der Waals surface area contributed by atoms with Crippen molar-refractivity contribution in [1.29, 1.82) is 0 Å². The smallest absolute Gasteiger partial charge is 0.123 e. The number of aliphatic hydroxyl groups is 1. The van der Waals surface area contributed by atoms with Crippen LogP contribution in [0.15, 0.2) is 30.5 Å². The first-order valence-corrected chi connectivity index (χ1v) is 5.23. The second-order valence-corrected chi connectivity index (χ2v) is 3.98. The molecule has 1 aromatic carbocycles. The molecule has 1 unspecified atom stereocenters. The number of benzene rings is 1. The van der Waals surface area contributed by atoms with Gasteiger partial charge < -0.3 is 5.11 Å². The summed E-state index contributed by atoms with van der Waals surface area (Å²) in [5.41, 5.74) is 0.886. The molecule has 1 atom stereocenters. The minimum absolute atomic E-state index is 0.271. The Kier molecular flexibility index (Phi) is 3.03. The Morgan fingerprint density at radius 1 is 1.33 bits per heavy atom. The Labute approximate surface area is 90.4 Å². The van der Waals surface area contributed by atoms with Crippen LogP contribution in [0, 0.1) is 5.82 Å². The summed E-state index contributed by atoms with van der Waals surface area (Å²) < 4.78 is 16.3. The molecule has 0 spiro atoms. The maximum atomic E-state index is 12.6. The van der Waals surface area contributed by atoms with Gasteiger partial charge in [-0.05, 0) is 29.2 Å². The number of nitrogens with zero attached hydrogens (tertiary/aromatic N) is 2. The van der Waals surface area contributed by atoms with Crippen LogP contribution >= 0.6 is 11.5 Å². The molecular formula is C10H9FN2OS. The molecule has 2 aromatic rings. The Bertz CT molecular complexity index is 415. The summed E-state index contributed by atoms with van der Waals surface area (Å²) in [6, 6.07) is 6.08. The van der Waals surface area contributed by atoms with Crippen LogP contribution in [0.5, 0.6) is 0 Å². The van der Waals surface area contributed by atoms with E-state index in [1.807, 2.05) is 0 Å². The van der Waals surface area contributed by atoms with Gasteiger partial charge in [0.1, 0.15) is 5.82 Å². The summed E-state index contributed by atoms with van der Waals surface area (Å²) >= 11 is 1.17. The highest BCUT2D eigenvalue weighted by molar-refractivity contribution is 7.05. The van der Waals surface area contributed by atoms with Gasteiger partial charge in [0.25, 0.3) is 0 Å². The van der Waals surface area contributed by atoms with Crippen LogP contribution < -0.4 is 0 Å². The van der Waals surface area contributed by atoms with Crippen LogP contribution in [-0.4, -0.2) is 14.7 Å². The van der Waals surface area contributed by atoms with Gasteiger partial charge in [0.2, 0.25) is 0 Å². The minimum Gasteiger partial charge on any atom is -0.387 e. The van der Waals surface area contributed by atoms with Gasteiger partial charge >= 0.3 is 0 Å². The quantitative estimate of drug-likeness (QED) is 0.866. The van der Waals surface area contributed by atoms with E-state index in [9.17, 15) is 9.50 Å². The monoisotopic (exact) mass is 224 g/mol. The van der Waals surface area contributed by atoms with Gasteiger partial charge in [0.15, 0.2) is 0 Å². The van der Waals surface area contributed by atoms with Crippen molar-refractivity contribution in [3.8, 4) is 0 Å². The second-order valence-electron chi connectivity index (χ2n) is 3.17. The van der Waals surface area contributed by atoms with Gasteiger partial charge in [0.05, 0.1) is 17.2 Å².